The average molecular weight is 264 g/mol. The fraction of sp³-hybridized carbons (Fsp3) is 0.0769. The third-order valence-electron chi connectivity index (χ3n) is 2.34. The quantitative estimate of drug-likeness (QED) is 0.921. The van der Waals surface area contributed by atoms with E-state index in [1.807, 2.05) is 0 Å². The molecular weight excluding hydrogens is 253 g/mol. The molecule has 2 aromatic rings. The lowest BCUT2D eigenvalue weighted by atomic mass is 10.1. The molecule has 0 aliphatic carbocycles. The Bertz CT molecular complexity index is 547. The number of anilines is 1. The van der Waals surface area contributed by atoms with Crippen molar-refractivity contribution in [2.45, 2.75) is 0 Å². The van der Waals surface area contributed by atoms with E-state index < -0.39 is 0 Å². The first kappa shape index (κ1) is 12.5. The molecule has 1 aromatic carbocycles. The van der Waals surface area contributed by atoms with Crippen LogP contribution in [0.1, 0.15) is 11.1 Å². The zero-order valence-corrected chi connectivity index (χ0v) is 10.4. The van der Waals surface area contributed by atoms with Gasteiger partial charge in [0.25, 0.3) is 0 Å². The topological polar surface area (TPSA) is 37.8 Å². The van der Waals surface area contributed by atoms with Gasteiger partial charge in [-0.3, -0.25) is 0 Å². The normalized spacial score (nSPS) is 10.8. The van der Waals surface area contributed by atoms with Crippen molar-refractivity contribution in [1.29, 1.82) is 0 Å². The van der Waals surface area contributed by atoms with Crippen molar-refractivity contribution >= 4 is 29.7 Å². The molecule has 0 radical (unpaired) electrons. The Balaban J connectivity index is 2.24. The van der Waals surface area contributed by atoms with Crippen LogP contribution in [-0.2, 0) is 0 Å². The molecule has 5 heteroatoms. The van der Waals surface area contributed by atoms with Gasteiger partial charge in [0.1, 0.15) is 5.82 Å². The molecule has 2 rings (SSSR count). The molecule has 0 amide bonds. The van der Waals surface area contributed by atoms with E-state index in [9.17, 15) is 4.39 Å². The van der Waals surface area contributed by atoms with Gasteiger partial charge in [-0.1, -0.05) is 23.7 Å². The van der Waals surface area contributed by atoms with E-state index in [0.29, 0.717) is 16.5 Å². The van der Waals surface area contributed by atoms with Crippen LogP contribution in [0, 0.1) is 5.82 Å². The number of halogens is 2. The van der Waals surface area contributed by atoms with Crippen LogP contribution in [0.2, 0.25) is 5.02 Å². The highest BCUT2D eigenvalue weighted by Gasteiger charge is 2.02. The molecule has 0 spiro atoms. The summed E-state index contributed by atoms with van der Waals surface area (Å²) < 4.78 is 13.5. The van der Waals surface area contributed by atoms with E-state index >= 15 is 0 Å². The van der Waals surface area contributed by atoms with Gasteiger partial charge in [0, 0.05) is 30.6 Å². The monoisotopic (exact) mass is 263 g/mol. The fourth-order valence-corrected chi connectivity index (χ4v) is 1.63. The van der Waals surface area contributed by atoms with Crippen molar-refractivity contribution in [2.24, 2.45) is 0 Å². The van der Waals surface area contributed by atoms with Crippen molar-refractivity contribution in [3.8, 4) is 0 Å². The summed E-state index contributed by atoms with van der Waals surface area (Å²) in [6.07, 6.45) is 6.60. The summed E-state index contributed by atoms with van der Waals surface area (Å²) >= 11 is 5.91. The van der Waals surface area contributed by atoms with Gasteiger partial charge in [-0.25, -0.2) is 14.4 Å². The largest absolute Gasteiger partial charge is 0.357 e. The zero-order chi connectivity index (χ0) is 13.0. The minimum absolute atomic E-state index is 0.355. The Morgan fingerprint density at radius 3 is 2.56 bits per heavy atom. The maximum atomic E-state index is 13.5. The van der Waals surface area contributed by atoms with Crippen molar-refractivity contribution in [1.82, 2.24) is 9.97 Å². The molecule has 1 heterocycles. The van der Waals surface area contributed by atoms with Crippen molar-refractivity contribution in [3.05, 3.63) is 52.6 Å². The van der Waals surface area contributed by atoms with Crippen molar-refractivity contribution in [3.63, 3.8) is 0 Å². The van der Waals surface area contributed by atoms with Crippen LogP contribution in [0.15, 0.2) is 30.6 Å². The predicted octanol–water partition coefficient (Wildman–Crippen LogP) is 3.48. The van der Waals surface area contributed by atoms with E-state index in [4.69, 9.17) is 11.6 Å². The minimum Gasteiger partial charge on any atom is -0.357 e. The van der Waals surface area contributed by atoms with Gasteiger partial charge < -0.3 is 5.32 Å². The molecule has 0 fully saturated rings. The first-order chi connectivity index (χ1) is 8.70. The minimum atomic E-state index is -0.355. The Morgan fingerprint density at radius 1 is 1.22 bits per heavy atom. The Labute approximate surface area is 109 Å². The summed E-state index contributed by atoms with van der Waals surface area (Å²) in [7, 11) is 1.74. The molecule has 0 unspecified atom stereocenters. The van der Waals surface area contributed by atoms with E-state index in [2.05, 4.69) is 15.3 Å². The van der Waals surface area contributed by atoms with Crippen LogP contribution in [0.4, 0.5) is 10.3 Å². The Hall–Kier alpha value is -1.94. The van der Waals surface area contributed by atoms with Gasteiger partial charge in [0.2, 0.25) is 5.95 Å². The first-order valence-electron chi connectivity index (χ1n) is 5.32. The molecule has 0 bridgehead atoms. The maximum absolute atomic E-state index is 13.5. The second kappa shape index (κ2) is 5.60. The number of rotatable bonds is 3. The number of benzene rings is 1. The standard InChI is InChI=1S/C13H11ClFN3/c1-16-13-17-7-9(8-18-13)5-6-10-11(14)3-2-4-12(10)15/h2-8H,1H3,(H,16,17,18)/b6-5+. The number of hydrogen-bond acceptors (Lipinski definition) is 3. The molecule has 3 nitrogen and oxygen atoms in total. The van der Waals surface area contributed by atoms with Gasteiger partial charge in [0.05, 0.1) is 5.02 Å². The summed E-state index contributed by atoms with van der Waals surface area (Å²) in [6.45, 7) is 0. The maximum Gasteiger partial charge on any atom is 0.222 e. The van der Waals surface area contributed by atoms with E-state index in [1.165, 1.54) is 6.07 Å². The summed E-state index contributed by atoms with van der Waals surface area (Å²) in [4.78, 5) is 8.11. The molecule has 0 atom stereocenters. The number of aromatic nitrogens is 2. The van der Waals surface area contributed by atoms with Crippen LogP contribution in [-0.4, -0.2) is 17.0 Å². The van der Waals surface area contributed by atoms with Crippen molar-refractivity contribution in [2.75, 3.05) is 12.4 Å². The number of hydrogen-bond donors (Lipinski definition) is 1. The van der Waals surface area contributed by atoms with Crippen LogP contribution in [0.25, 0.3) is 12.2 Å². The van der Waals surface area contributed by atoms with Gasteiger partial charge in [-0.2, -0.15) is 0 Å². The highest BCUT2D eigenvalue weighted by atomic mass is 35.5. The molecule has 1 aromatic heterocycles. The second-order valence-corrected chi connectivity index (χ2v) is 3.97. The van der Waals surface area contributed by atoms with Gasteiger partial charge >= 0.3 is 0 Å². The van der Waals surface area contributed by atoms with E-state index in [-0.39, 0.29) is 5.82 Å². The van der Waals surface area contributed by atoms with Gasteiger partial charge in [0.15, 0.2) is 0 Å². The summed E-state index contributed by atoms with van der Waals surface area (Å²) in [6, 6.07) is 4.58. The molecule has 0 aliphatic rings. The van der Waals surface area contributed by atoms with E-state index in [0.717, 1.165) is 5.56 Å². The summed E-state index contributed by atoms with van der Waals surface area (Å²) in [5.41, 5.74) is 1.13. The lowest BCUT2D eigenvalue weighted by Gasteiger charge is -2.00. The second-order valence-electron chi connectivity index (χ2n) is 3.56. The molecule has 18 heavy (non-hydrogen) atoms. The molecular formula is C13H11ClFN3. The SMILES string of the molecule is CNc1ncc(/C=C/c2c(F)cccc2Cl)cn1. The van der Waals surface area contributed by atoms with Crippen LogP contribution < -0.4 is 5.32 Å². The Kier molecular flexibility index (Phi) is 3.89. The van der Waals surface area contributed by atoms with Crippen molar-refractivity contribution < 1.29 is 4.39 Å². The average Bonchev–Trinajstić information content (AvgIpc) is 2.39. The highest BCUT2D eigenvalue weighted by Crippen LogP contribution is 2.21. The lowest BCUT2D eigenvalue weighted by Crippen LogP contribution is -1.94. The molecule has 1 N–H and O–H groups in total. The zero-order valence-electron chi connectivity index (χ0n) is 9.69. The van der Waals surface area contributed by atoms with Crippen LogP contribution >= 0.6 is 11.6 Å². The predicted molar refractivity (Wildman–Crippen MR) is 71.9 cm³/mol. The molecule has 0 saturated heterocycles. The summed E-state index contributed by atoms with van der Waals surface area (Å²) in [5.74, 6) is 0.183. The fourth-order valence-electron chi connectivity index (χ4n) is 1.40. The Morgan fingerprint density at radius 2 is 1.94 bits per heavy atom. The van der Waals surface area contributed by atoms with Crippen LogP contribution in [0.5, 0.6) is 0 Å². The third-order valence-corrected chi connectivity index (χ3v) is 2.67. The van der Waals surface area contributed by atoms with Crippen LogP contribution in [0.3, 0.4) is 0 Å². The first-order valence-corrected chi connectivity index (χ1v) is 5.70. The van der Waals surface area contributed by atoms with Gasteiger partial charge in [-0.05, 0) is 18.2 Å². The third kappa shape index (κ3) is 2.84. The van der Waals surface area contributed by atoms with Gasteiger partial charge in [-0.15, -0.1) is 0 Å². The summed E-state index contributed by atoms with van der Waals surface area (Å²) in [5, 5.41) is 3.19. The molecule has 0 aliphatic heterocycles. The number of nitrogens with one attached hydrogen (secondary N) is 1. The number of nitrogens with zero attached hydrogens (tertiary/aromatic N) is 2. The highest BCUT2D eigenvalue weighted by molar-refractivity contribution is 6.32. The smallest absolute Gasteiger partial charge is 0.222 e. The molecule has 0 saturated carbocycles. The molecule has 92 valence electrons. The van der Waals surface area contributed by atoms with E-state index in [1.54, 1.807) is 43.7 Å². The lowest BCUT2D eigenvalue weighted by molar-refractivity contribution is 0.625.